The Hall–Kier alpha value is -0.0800. The molecule has 1 fully saturated rings. The third-order valence-electron chi connectivity index (χ3n) is 2.32. The molecule has 72 valence electrons. The van der Waals surface area contributed by atoms with Crippen molar-refractivity contribution < 1.29 is 4.74 Å². The fourth-order valence-electron chi connectivity index (χ4n) is 1.38. The van der Waals surface area contributed by atoms with Gasteiger partial charge in [-0.1, -0.05) is 26.7 Å². The minimum Gasteiger partial charge on any atom is -0.357 e. The largest absolute Gasteiger partial charge is 0.357 e. The average Bonchev–Trinajstić information content (AvgIpc) is 2.88. The molecule has 1 heterocycles. The minimum atomic E-state index is 0.475. The van der Waals surface area contributed by atoms with E-state index >= 15 is 0 Å². The van der Waals surface area contributed by atoms with Gasteiger partial charge in [-0.2, -0.15) is 0 Å². The second kappa shape index (κ2) is 5.55. The normalized spacial score (nSPS) is 21.8. The maximum Gasteiger partial charge on any atom is 0.134 e. The van der Waals surface area contributed by atoms with Crippen molar-refractivity contribution in [3.8, 4) is 0 Å². The highest BCUT2D eigenvalue weighted by Gasteiger charge is 2.28. The Morgan fingerprint density at radius 2 is 1.67 bits per heavy atom. The predicted molar refractivity (Wildman–Crippen MR) is 51.1 cm³/mol. The first kappa shape index (κ1) is 10.0. The first-order valence-electron chi connectivity index (χ1n) is 5.24. The molecular weight excluding hydrogens is 150 g/mol. The lowest BCUT2D eigenvalue weighted by Crippen LogP contribution is -2.29. The molecule has 0 aliphatic carbocycles. The third-order valence-corrected chi connectivity index (χ3v) is 2.32. The van der Waals surface area contributed by atoms with Crippen molar-refractivity contribution in [2.24, 2.45) is 0 Å². The minimum absolute atomic E-state index is 0.475. The predicted octanol–water partition coefficient (Wildman–Crippen LogP) is 2.24. The Balaban J connectivity index is 2.09. The van der Waals surface area contributed by atoms with Gasteiger partial charge in [0.2, 0.25) is 0 Å². The third kappa shape index (κ3) is 3.55. The summed E-state index contributed by atoms with van der Waals surface area (Å²) in [7, 11) is 0. The van der Waals surface area contributed by atoms with Crippen molar-refractivity contribution >= 4 is 0 Å². The number of ether oxygens (including phenoxy) is 1. The van der Waals surface area contributed by atoms with Crippen molar-refractivity contribution in [3.63, 3.8) is 0 Å². The van der Waals surface area contributed by atoms with Gasteiger partial charge < -0.3 is 4.74 Å². The quantitative estimate of drug-likeness (QED) is 0.546. The van der Waals surface area contributed by atoms with E-state index in [1.54, 1.807) is 0 Å². The van der Waals surface area contributed by atoms with Crippen LogP contribution in [0.1, 0.15) is 39.5 Å². The lowest BCUT2D eigenvalue weighted by molar-refractivity contribution is 0.171. The van der Waals surface area contributed by atoms with E-state index in [9.17, 15) is 0 Å². The van der Waals surface area contributed by atoms with E-state index in [2.05, 4.69) is 18.7 Å². The van der Waals surface area contributed by atoms with Crippen LogP contribution in [-0.4, -0.2) is 30.8 Å². The van der Waals surface area contributed by atoms with Gasteiger partial charge in [0, 0.05) is 13.1 Å². The van der Waals surface area contributed by atoms with Crippen LogP contribution < -0.4 is 0 Å². The zero-order chi connectivity index (χ0) is 8.81. The highest BCUT2D eigenvalue weighted by atomic mass is 16.6. The number of rotatable bonds is 7. The summed E-state index contributed by atoms with van der Waals surface area (Å²) in [4.78, 5) is 2.48. The molecule has 1 aliphatic rings. The molecule has 1 aliphatic heterocycles. The van der Waals surface area contributed by atoms with Gasteiger partial charge in [-0.05, 0) is 12.8 Å². The van der Waals surface area contributed by atoms with Gasteiger partial charge in [-0.15, -0.1) is 0 Å². The summed E-state index contributed by atoms with van der Waals surface area (Å²) in [5, 5.41) is 0. The van der Waals surface area contributed by atoms with Crippen molar-refractivity contribution in [2.45, 2.75) is 45.8 Å². The molecule has 0 aromatic rings. The van der Waals surface area contributed by atoms with Gasteiger partial charge in [0.15, 0.2) is 0 Å². The number of epoxide rings is 1. The molecule has 1 saturated heterocycles. The van der Waals surface area contributed by atoms with Gasteiger partial charge in [0.25, 0.3) is 0 Å². The van der Waals surface area contributed by atoms with E-state index in [4.69, 9.17) is 4.74 Å². The van der Waals surface area contributed by atoms with Gasteiger partial charge in [0.05, 0.1) is 6.61 Å². The highest BCUT2D eigenvalue weighted by molar-refractivity contribution is 4.71. The van der Waals surface area contributed by atoms with Crippen molar-refractivity contribution in [3.05, 3.63) is 0 Å². The summed E-state index contributed by atoms with van der Waals surface area (Å²) in [5.74, 6) is 0. The zero-order valence-electron chi connectivity index (χ0n) is 8.38. The van der Waals surface area contributed by atoms with E-state index in [0.29, 0.717) is 6.23 Å². The van der Waals surface area contributed by atoms with Crippen LogP contribution in [0.5, 0.6) is 0 Å². The molecular formula is C10H21NO. The zero-order valence-corrected chi connectivity index (χ0v) is 8.38. The molecule has 1 rings (SSSR count). The lowest BCUT2D eigenvalue weighted by atomic mass is 10.2. The number of hydrogen-bond acceptors (Lipinski definition) is 2. The molecule has 1 unspecified atom stereocenters. The number of nitrogens with zero attached hydrogens (tertiary/aromatic N) is 1. The average molecular weight is 171 g/mol. The molecule has 0 amide bonds. The summed E-state index contributed by atoms with van der Waals surface area (Å²) >= 11 is 0. The van der Waals surface area contributed by atoms with Crippen LogP contribution in [0.25, 0.3) is 0 Å². The van der Waals surface area contributed by atoms with Crippen LogP contribution in [0.3, 0.4) is 0 Å². The fourth-order valence-corrected chi connectivity index (χ4v) is 1.38. The van der Waals surface area contributed by atoms with Crippen LogP contribution in [0.15, 0.2) is 0 Å². The van der Waals surface area contributed by atoms with Gasteiger partial charge in [-0.25, -0.2) is 0 Å². The van der Waals surface area contributed by atoms with Crippen LogP contribution in [0.2, 0.25) is 0 Å². The maximum atomic E-state index is 5.29. The SMILES string of the molecule is CCCCN(CCCC)C1CO1. The van der Waals surface area contributed by atoms with Crippen LogP contribution in [0.4, 0.5) is 0 Å². The Kier molecular flexibility index (Phi) is 4.62. The molecule has 0 aromatic carbocycles. The molecule has 2 heteroatoms. The summed E-state index contributed by atoms with van der Waals surface area (Å²) in [5.41, 5.74) is 0. The molecule has 0 radical (unpaired) electrons. The molecule has 0 spiro atoms. The number of unbranched alkanes of at least 4 members (excludes halogenated alkanes) is 2. The van der Waals surface area contributed by atoms with Crippen molar-refractivity contribution in [1.82, 2.24) is 4.90 Å². The van der Waals surface area contributed by atoms with E-state index in [1.807, 2.05) is 0 Å². The van der Waals surface area contributed by atoms with E-state index in [0.717, 1.165) is 6.61 Å². The van der Waals surface area contributed by atoms with Crippen molar-refractivity contribution in [2.75, 3.05) is 19.7 Å². The Morgan fingerprint density at radius 1 is 1.17 bits per heavy atom. The Morgan fingerprint density at radius 3 is 2.00 bits per heavy atom. The molecule has 1 atom stereocenters. The number of hydrogen-bond donors (Lipinski definition) is 0. The molecule has 2 nitrogen and oxygen atoms in total. The summed E-state index contributed by atoms with van der Waals surface area (Å²) in [6.45, 7) is 7.90. The Labute approximate surface area is 75.9 Å². The van der Waals surface area contributed by atoms with E-state index in [-0.39, 0.29) is 0 Å². The first-order chi connectivity index (χ1) is 5.88. The van der Waals surface area contributed by atoms with Crippen LogP contribution >= 0.6 is 0 Å². The summed E-state index contributed by atoms with van der Waals surface area (Å²) in [6, 6.07) is 0. The van der Waals surface area contributed by atoms with Crippen molar-refractivity contribution in [1.29, 1.82) is 0 Å². The fraction of sp³-hybridized carbons (Fsp3) is 1.00. The molecule has 0 bridgehead atoms. The topological polar surface area (TPSA) is 15.8 Å². The van der Waals surface area contributed by atoms with Gasteiger partial charge in [-0.3, -0.25) is 4.90 Å². The van der Waals surface area contributed by atoms with E-state index < -0.39 is 0 Å². The molecule has 0 N–H and O–H groups in total. The molecule has 0 aromatic heterocycles. The Bertz CT molecular complexity index is 104. The second-order valence-corrected chi connectivity index (χ2v) is 3.53. The highest BCUT2D eigenvalue weighted by Crippen LogP contribution is 2.16. The van der Waals surface area contributed by atoms with E-state index in [1.165, 1.54) is 38.8 Å². The van der Waals surface area contributed by atoms with Crippen LogP contribution in [-0.2, 0) is 4.74 Å². The monoisotopic (exact) mass is 171 g/mol. The standard InChI is InChI=1S/C10H21NO/c1-3-5-7-11(8-6-4-2)10-9-12-10/h10H,3-9H2,1-2H3. The molecule has 12 heavy (non-hydrogen) atoms. The van der Waals surface area contributed by atoms with Gasteiger partial charge >= 0.3 is 0 Å². The maximum absolute atomic E-state index is 5.29. The molecule has 0 saturated carbocycles. The second-order valence-electron chi connectivity index (χ2n) is 3.53. The lowest BCUT2D eigenvalue weighted by Gasteiger charge is -2.18. The van der Waals surface area contributed by atoms with Gasteiger partial charge in [0.1, 0.15) is 6.23 Å². The first-order valence-corrected chi connectivity index (χ1v) is 5.24. The summed E-state index contributed by atoms with van der Waals surface area (Å²) in [6.07, 6.45) is 5.67. The smallest absolute Gasteiger partial charge is 0.134 e. The van der Waals surface area contributed by atoms with Crippen LogP contribution in [0, 0.1) is 0 Å². The summed E-state index contributed by atoms with van der Waals surface area (Å²) < 4.78 is 5.29.